The van der Waals surface area contributed by atoms with Crippen LogP contribution in [0.3, 0.4) is 0 Å². The summed E-state index contributed by atoms with van der Waals surface area (Å²) in [7, 11) is 0. The molecule has 1 unspecified atom stereocenters. The van der Waals surface area contributed by atoms with Crippen LogP contribution in [0.1, 0.15) is 77.5 Å². The van der Waals surface area contributed by atoms with Crippen LogP contribution in [0.2, 0.25) is 0 Å². The predicted molar refractivity (Wildman–Crippen MR) is 164 cm³/mol. The maximum absolute atomic E-state index is 5.60. The minimum atomic E-state index is 0.322. The second-order valence-corrected chi connectivity index (χ2v) is 9.83. The van der Waals surface area contributed by atoms with Crippen molar-refractivity contribution in [1.29, 1.82) is 0 Å². The van der Waals surface area contributed by atoms with Crippen LogP contribution in [0.15, 0.2) is 54.9 Å². The van der Waals surface area contributed by atoms with Crippen LogP contribution < -0.4 is 11.1 Å². The largest absolute Gasteiger partial charge is 0.342 e. The normalized spacial score (nSPS) is 14.6. The quantitative estimate of drug-likeness (QED) is 0.167. The molecule has 0 saturated carbocycles. The van der Waals surface area contributed by atoms with Crippen molar-refractivity contribution in [3.05, 3.63) is 66.5 Å². The average Bonchev–Trinajstić information content (AvgIpc) is 3.75. The molecular formula is C32H43N7. The maximum atomic E-state index is 5.60. The zero-order chi connectivity index (χ0) is 27.6. The third-order valence-corrected chi connectivity index (χ3v) is 6.72. The van der Waals surface area contributed by atoms with Gasteiger partial charge in [-0.15, -0.1) is 0 Å². The van der Waals surface area contributed by atoms with Crippen molar-refractivity contribution in [3.8, 4) is 22.5 Å². The molecule has 5 N–H and O–H groups in total. The molecule has 39 heavy (non-hydrogen) atoms. The molecule has 1 aliphatic heterocycles. The molecule has 5 aromatic rings. The second kappa shape index (κ2) is 14.0. The summed E-state index contributed by atoms with van der Waals surface area (Å²) in [6, 6.07) is 15.4. The summed E-state index contributed by atoms with van der Waals surface area (Å²) in [6.07, 6.45) is 10.4. The van der Waals surface area contributed by atoms with E-state index in [1.165, 1.54) is 23.6 Å². The third-order valence-electron chi connectivity index (χ3n) is 6.72. The topological polar surface area (TPSA) is 108 Å². The lowest BCUT2D eigenvalue weighted by atomic mass is 10.0. The van der Waals surface area contributed by atoms with Gasteiger partial charge in [0, 0.05) is 17.5 Å². The molecule has 0 aliphatic carbocycles. The van der Waals surface area contributed by atoms with Crippen molar-refractivity contribution in [1.82, 2.24) is 30.2 Å². The highest BCUT2D eigenvalue weighted by Crippen LogP contribution is 2.29. The molecule has 0 spiro atoms. The van der Waals surface area contributed by atoms with Gasteiger partial charge >= 0.3 is 0 Å². The first-order chi connectivity index (χ1) is 19.2. The molecule has 2 aromatic carbocycles. The number of imidazole rings is 2. The van der Waals surface area contributed by atoms with Crippen LogP contribution in [0, 0.1) is 0 Å². The van der Waals surface area contributed by atoms with Crippen LogP contribution in [0.5, 0.6) is 0 Å². The third kappa shape index (κ3) is 6.91. The van der Waals surface area contributed by atoms with Crippen molar-refractivity contribution in [2.75, 3.05) is 13.1 Å². The Balaban J connectivity index is 0.000000662. The number of pyridine rings is 1. The van der Waals surface area contributed by atoms with Gasteiger partial charge in [0.1, 0.15) is 11.6 Å². The monoisotopic (exact) mass is 525 g/mol. The molecule has 3 aromatic heterocycles. The fourth-order valence-electron chi connectivity index (χ4n) is 4.82. The average molecular weight is 526 g/mol. The first kappa shape index (κ1) is 28.5. The van der Waals surface area contributed by atoms with Gasteiger partial charge in [0.2, 0.25) is 0 Å². The lowest BCUT2D eigenvalue weighted by Crippen LogP contribution is -2.13. The lowest BCUT2D eigenvalue weighted by Gasteiger charge is -2.06. The van der Waals surface area contributed by atoms with E-state index < -0.39 is 0 Å². The molecule has 1 aliphatic rings. The number of nitrogens with one attached hydrogen (secondary N) is 3. The van der Waals surface area contributed by atoms with E-state index in [1.54, 1.807) is 0 Å². The number of rotatable bonds is 7. The van der Waals surface area contributed by atoms with Gasteiger partial charge in [-0.2, -0.15) is 0 Å². The smallest absolute Gasteiger partial charge is 0.124 e. The molecule has 6 rings (SSSR count). The zero-order valence-corrected chi connectivity index (χ0v) is 23.8. The fourth-order valence-corrected chi connectivity index (χ4v) is 4.82. The van der Waals surface area contributed by atoms with Crippen LogP contribution in [0.4, 0.5) is 0 Å². The number of benzene rings is 2. The summed E-state index contributed by atoms with van der Waals surface area (Å²) >= 11 is 0. The molecule has 206 valence electrons. The standard InChI is InChI=1S/C27H29N7.C3H8.C2H6/c28-10-2-1-5-26-31-15-24(32-26)20-9-7-17-12-19(8-6-18(17)13-20)22-14-23-25(16-30-22)34-27(33-23)21-4-3-11-29-21;1-3-2;1-2/h6-9,12-16,21,29H,1-5,10-11,28H2,(H,31,32)(H,33,34);3H2,1-2H3;1-2H3. The molecule has 0 amide bonds. The van der Waals surface area contributed by atoms with Gasteiger partial charge in [0.15, 0.2) is 0 Å². The molecule has 0 radical (unpaired) electrons. The van der Waals surface area contributed by atoms with Crippen LogP contribution >= 0.6 is 0 Å². The van der Waals surface area contributed by atoms with Gasteiger partial charge in [-0.1, -0.05) is 58.4 Å². The summed E-state index contributed by atoms with van der Waals surface area (Å²) in [5, 5.41) is 5.88. The molecule has 1 fully saturated rings. The Bertz CT molecular complexity index is 1460. The van der Waals surface area contributed by atoms with Crippen molar-refractivity contribution in [2.45, 2.75) is 72.3 Å². The van der Waals surface area contributed by atoms with Crippen molar-refractivity contribution < 1.29 is 0 Å². The highest BCUT2D eigenvalue weighted by atomic mass is 15.0. The summed E-state index contributed by atoms with van der Waals surface area (Å²) in [6.45, 7) is 10.0. The molecule has 1 saturated heterocycles. The Kier molecular flexibility index (Phi) is 10.2. The van der Waals surface area contributed by atoms with Crippen molar-refractivity contribution in [3.63, 3.8) is 0 Å². The number of fused-ring (bicyclic) bond motifs is 2. The van der Waals surface area contributed by atoms with E-state index in [0.717, 1.165) is 84.0 Å². The Morgan fingerprint density at radius 1 is 0.897 bits per heavy atom. The Morgan fingerprint density at radius 2 is 1.64 bits per heavy atom. The minimum absolute atomic E-state index is 0.322. The van der Waals surface area contributed by atoms with E-state index in [1.807, 2.05) is 26.2 Å². The Morgan fingerprint density at radius 3 is 2.36 bits per heavy atom. The summed E-state index contributed by atoms with van der Waals surface area (Å²) < 4.78 is 0. The van der Waals surface area contributed by atoms with Crippen LogP contribution in [-0.2, 0) is 6.42 Å². The first-order valence-electron chi connectivity index (χ1n) is 14.6. The predicted octanol–water partition coefficient (Wildman–Crippen LogP) is 7.32. The number of aryl methyl sites for hydroxylation is 1. The number of aromatic nitrogens is 5. The van der Waals surface area contributed by atoms with Gasteiger partial charge < -0.3 is 21.0 Å². The number of hydrogen-bond acceptors (Lipinski definition) is 5. The SMILES string of the molecule is CC.CCC.NCCCCc1ncc(-c2ccc3cc(-c4cc5nc(C6CCCN6)[nH]c5cn4)ccc3c2)[nH]1. The van der Waals surface area contributed by atoms with Gasteiger partial charge in [-0.25, -0.2) is 9.97 Å². The van der Waals surface area contributed by atoms with Crippen LogP contribution in [-0.4, -0.2) is 38.0 Å². The van der Waals surface area contributed by atoms with Gasteiger partial charge in [-0.05, 0) is 67.7 Å². The zero-order valence-electron chi connectivity index (χ0n) is 23.8. The molecule has 0 bridgehead atoms. The number of nitrogens with two attached hydrogens (primary N) is 1. The molecule has 1 atom stereocenters. The molecule has 7 heteroatoms. The number of H-pyrrole nitrogens is 2. The van der Waals surface area contributed by atoms with Crippen LogP contribution in [0.25, 0.3) is 44.3 Å². The maximum Gasteiger partial charge on any atom is 0.124 e. The first-order valence-corrected chi connectivity index (χ1v) is 14.6. The number of hydrogen-bond donors (Lipinski definition) is 4. The molecular weight excluding hydrogens is 482 g/mol. The number of nitrogens with zero attached hydrogens (tertiary/aromatic N) is 3. The summed E-state index contributed by atoms with van der Waals surface area (Å²) in [4.78, 5) is 21.0. The van der Waals surface area contributed by atoms with E-state index >= 15 is 0 Å². The van der Waals surface area contributed by atoms with E-state index in [4.69, 9.17) is 15.7 Å². The fraction of sp³-hybridized carbons (Fsp3) is 0.406. The molecule has 4 heterocycles. The minimum Gasteiger partial charge on any atom is -0.342 e. The second-order valence-electron chi connectivity index (χ2n) is 9.83. The number of aromatic amines is 2. The van der Waals surface area contributed by atoms with Gasteiger partial charge in [0.25, 0.3) is 0 Å². The van der Waals surface area contributed by atoms with Crippen molar-refractivity contribution >= 4 is 21.8 Å². The highest BCUT2D eigenvalue weighted by molar-refractivity contribution is 5.91. The van der Waals surface area contributed by atoms with E-state index in [-0.39, 0.29) is 0 Å². The lowest BCUT2D eigenvalue weighted by molar-refractivity contribution is 0.614. The van der Waals surface area contributed by atoms with E-state index in [9.17, 15) is 0 Å². The van der Waals surface area contributed by atoms with E-state index in [0.29, 0.717) is 6.04 Å². The Hall–Kier alpha value is -3.55. The van der Waals surface area contributed by atoms with E-state index in [2.05, 4.69) is 76.6 Å². The van der Waals surface area contributed by atoms with Gasteiger partial charge in [-0.3, -0.25) is 4.98 Å². The van der Waals surface area contributed by atoms with Gasteiger partial charge in [0.05, 0.1) is 40.9 Å². The van der Waals surface area contributed by atoms with Crippen molar-refractivity contribution in [2.24, 2.45) is 5.73 Å². The Labute approximate surface area is 232 Å². The number of unbranched alkanes of at least 4 members (excludes halogenated alkanes) is 1. The summed E-state index contributed by atoms with van der Waals surface area (Å²) in [5.41, 5.74) is 11.8. The highest BCUT2D eigenvalue weighted by Gasteiger charge is 2.19. The summed E-state index contributed by atoms with van der Waals surface area (Å²) in [5.74, 6) is 2.03. The molecule has 7 nitrogen and oxygen atoms in total.